The zero-order chi connectivity index (χ0) is 17.9. The second-order valence-corrected chi connectivity index (χ2v) is 8.74. The van der Waals surface area contributed by atoms with Crippen LogP contribution < -0.4 is 4.90 Å². The van der Waals surface area contributed by atoms with E-state index in [4.69, 9.17) is 0 Å². The number of anilines is 1. The Morgan fingerprint density at radius 3 is 1.56 bits per heavy atom. The Morgan fingerprint density at radius 1 is 0.640 bits per heavy atom. The van der Waals surface area contributed by atoms with Gasteiger partial charge in [0, 0.05) is 34.4 Å². The molecule has 25 heavy (non-hydrogen) atoms. The molecule has 0 aromatic carbocycles. The summed E-state index contributed by atoms with van der Waals surface area (Å²) in [5.74, 6) is 1.11. The lowest BCUT2D eigenvalue weighted by Gasteiger charge is -2.15. The molecule has 0 atom stereocenters. The van der Waals surface area contributed by atoms with E-state index >= 15 is 0 Å². The fraction of sp³-hybridized carbons (Fsp3) is 0.474. The maximum Gasteiger partial charge on any atom is 0.128 e. The van der Waals surface area contributed by atoms with Crippen molar-refractivity contribution in [3.63, 3.8) is 0 Å². The van der Waals surface area contributed by atoms with Gasteiger partial charge in [-0.3, -0.25) is 0 Å². The van der Waals surface area contributed by atoms with Gasteiger partial charge in [0.25, 0.3) is 0 Å². The van der Waals surface area contributed by atoms with E-state index in [2.05, 4.69) is 68.7 Å². The second kappa shape index (κ2) is 12.0. The van der Waals surface area contributed by atoms with E-state index in [1.54, 1.807) is 6.20 Å². The zero-order valence-corrected chi connectivity index (χ0v) is 19.1. The van der Waals surface area contributed by atoms with Crippen LogP contribution in [0.15, 0.2) is 50.2 Å². The Labute approximate surface area is 176 Å². The third-order valence-electron chi connectivity index (χ3n) is 4.08. The van der Waals surface area contributed by atoms with Crippen LogP contribution in [0.1, 0.15) is 44.9 Å². The maximum atomic E-state index is 4.34. The monoisotopic (exact) mass is 531 g/mol. The lowest BCUT2D eigenvalue weighted by Crippen LogP contribution is -2.18. The molecule has 2 fully saturated rings. The van der Waals surface area contributed by atoms with Gasteiger partial charge in [0.2, 0.25) is 0 Å². The predicted molar refractivity (Wildman–Crippen MR) is 116 cm³/mol. The molecule has 0 bridgehead atoms. The summed E-state index contributed by atoms with van der Waals surface area (Å²) in [7, 11) is 0. The summed E-state index contributed by atoms with van der Waals surface area (Å²) < 4.78 is 2.91. The standard InChI is InChI=1S/C9H11BrN2.C5H3Br2N.C5H10/c10-8-3-4-9(11-7-8)12-5-1-2-6-12;6-4-1-2-5(7)8-3-4;1-2-4-5-3-1/h3-4,7H,1-2,5-6H2;1-3H;1-5H2. The first kappa shape index (κ1) is 20.8. The summed E-state index contributed by atoms with van der Waals surface area (Å²) in [6.07, 6.45) is 13.7. The first-order valence-electron chi connectivity index (χ1n) is 8.79. The van der Waals surface area contributed by atoms with Crippen molar-refractivity contribution in [1.29, 1.82) is 0 Å². The molecule has 0 radical (unpaired) electrons. The Hall–Kier alpha value is -0.460. The quantitative estimate of drug-likeness (QED) is 0.369. The minimum absolute atomic E-state index is 0.862. The van der Waals surface area contributed by atoms with Crippen LogP contribution in [0.5, 0.6) is 0 Å². The Balaban J connectivity index is 0.000000149. The van der Waals surface area contributed by atoms with Crippen molar-refractivity contribution in [1.82, 2.24) is 9.97 Å². The van der Waals surface area contributed by atoms with E-state index in [0.717, 1.165) is 32.5 Å². The minimum atomic E-state index is 0.862. The molecule has 0 unspecified atom stereocenters. The van der Waals surface area contributed by atoms with Gasteiger partial charge in [-0.1, -0.05) is 32.1 Å². The number of pyridine rings is 2. The molecule has 0 spiro atoms. The largest absolute Gasteiger partial charge is 0.357 e. The zero-order valence-electron chi connectivity index (χ0n) is 14.3. The molecule has 3 nitrogen and oxygen atoms in total. The van der Waals surface area contributed by atoms with E-state index in [1.807, 2.05) is 24.4 Å². The molecule has 3 heterocycles. The summed E-state index contributed by atoms with van der Waals surface area (Å²) in [4.78, 5) is 10.6. The summed E-state index contributed by atoms with van der Waals surface area (Å²) in [5.41, 5.74) is 0. The topological polar surface area (TPSA) is 29.0 Å². The van der Waals surface area contributed by atoms with Crippen molar-refractivity contribution in [3.05, 3.63) is 50.2 Å². The second-order valence-electron chi connectivity index (χ2n) is 6.10. The van der Waals surface area contributed by atoms with Crippen LogP contribution >= 0.6 is 47.8 Å². The highest BCUT2D eigenvalue weighted by molar-refractivity contribution is 9.11. The van der Waals surface area contributed by atoms with E-state index in [1.165, 1.54) is 44.9 Å². The summed E-state index contributed by atoms with van der Waals surface area (Å²) in [6, 6.07) is 7.91. The molecule has 4 rings (SSSR count). The van der Waals surface area contributed by atoms with Gasteiger partial charge >= 0.3 is 0 Å². The first-order chi connectivity index (χ1) is 12.1. The molecular formula is C19H24Br3N3. The number of aromatic nitrogens is 2. The molecule has 2 aromatic heterocycles. The van der Waals surface area contributed by atoms with Gasteiger partial charge in [-0.25, -0.2) is 9.97 Å². The summed E-state index contributed by atoms with van der Waals surface area (Å²) in [6.45, 7) is 2.32. The van der Waals surface area contributed by atoms with Gasteiger partial charge in [0.15, 0.2) is 0 Å². The smallest absolute Gasteiger partial charge is 0.128 e. The summed E-state index contributed by atoms with van der Waals surface area (Å²) in [5, 5.41) is 0. The van der Waals surface area contributed by atoms with Crippen LogP contribution in [0.25, 0.3) is 0 Å². The van der Waals surface area contributed by atoms with Gasteiger partial charge in [-0.05, 0) is 84.9 Å². The average molecular weight is 534 g/mol. The summed E-state index contributed by atoms with van der Waals surface area (Å²) >= 11 is 9.85. The Morgan fingerprint density at radius 2 is 1.16 bits per heavy atom. The highest BCUT2D eigenvalue weighted by atomic mass is 79.9. The lowest BCUT2D eigenvalue weighted by molar-refractivity contribution is 0.886. The van der Waals surface area contributed by atoms with Gasteiger partial charge in [0.1, 0.15) is 10.4 Å². The van der Waals surface area contributed by atoms with Crippen molar-refractivity contribution < 1.29 is 0 Å². The molecular weight excluding hydrogens is 510 g/mol. The fourth-order valence-electron chi connectivity index (χ4n) is 2.74. The number of hydrogen-bond donors (Lipinski definition) is 0. The molecule has 1 saturated heterocycles. The third kappa shape index (κ3) is 8.65. The predicted octanol–water partition coefficient (Wildman–Crippen LogP) is 7.00. The molecule has 0 amide bonds. The van der Waals surface area contributed by atoms with Crippen LogP contribution in [0.2, 0.25) is 0 Å². The first-order valence-corrected chi connectivity index (χ1v) is 11.2. The van der Waals surface area contributed by atoms with Crippen LogP contribution in [-0.2, 0) is 0 Å². The fourth-order valence-corrected chi connectivity index (χ4v) is 3.45. The molecule has 2 aromatic rings. The highest BCUT2D eigenvalue weighted by Gasteiger charge is 2.12. The number of rotatable bonds is 1. The molecule has 1 aliphatic carbocycles. The average Bonchev–Trinajstić information content (AvgIpc) is 3.35. The van der Waals surface area contributed by atoms with Crippen LogP contribution in [0.3, 0.4) is 0 Å². The van der Waals surface area contributed by atoms with Gasteiger partial charge in [0.05, 0.1) is 0 Å². The molecule has 6 heteroatoms. The van der Waals surface area contributed by atoms with Crippen molar-refractivity contribution in [2.24, 2.45) is 0 Å². The molecule has 0 N–H and O–H groups in total. The molecule has 2 aliphatic rings. The number of hydrogen-bond acceptors (Lipinski definition) is 3. The van der Waals surface area contributed by atoms with Gasteiger partial charge in [-0.2, -0.15) is 0 Å². The SMILES string of the molecule is Brc1ccc(Br)nc1.Brc1ccc(N2CCCC2)nc1.C1CCCC1. The van der Waals surface area contributed by atoms with Crippen molar-refractivity contribution in [2.45, 2.75) is 44.9 Å². The van der Waals surface area contributed by atoms with Gasteiger partial charge in [-0.15, -0.1) is 0 Å². The Kier molecular flexibility index (Phi) is 10.0. The van der Waals surface area contributed by atoms with Crippen molar-refractivity contribution in [2.75, 3.05) is 18.0 Å². The maximum absolute atomic E-state index is 4.34. The lowest BCUT2D eigenvalue weighted by atomic mass is 10.4. The number of halogens is 3. The number of nitrogens with zero attached hydrogens (tertiary/aromatic N) is 3. The van der Waals surface area contributed by atoms with Crippen LogP contribution in [-0.4, -0.2) is 23.1 Å². The van der Waals surface area contributed by atoms with E-state index < -0.39 is 0 Å². The van der Waals surface area contributed by atoms with E-state index in [-0.39, 0.29) is 0 Å². The van der Waals surface area contributed by atoms with E-state index in [9.17, 15) is 0 Å². The van der Waals surface area contributed by atoms with Crippen molar-refractivity contribution in [3.8, 4) is 0 Å². The normalized spacial score (nSPS) is 15.9. The van der Waals surface area contributed by atoms with E-state index in [0.29, 0.717) is 0 Å². The third-order valence-corrected chi connectivity index (χ3v) is 5.49. The minimum Gasteiger partial charge on any atom is -0.357 e. The van der Waals surface area contributed by atoms with Crippen LogP contribution in [0.4, 0.5) is 5.82 Å². The van der Waals surface area contributed by atoms with Crippen LogP contribution in [0, 0.1) is 0 Å². The van der Waals surface area contributed by atoms with Gasteiger partial charge < -0.3 is 4.90 Å². The molecule has 136 valence electrons. The highest BCUT2D eigenvalue weighted by Crippen LogP contribution is 2.19. The molecule has 1 aliphatic heterocycles. The van der Waals surface area contributed by atoms with Crippen molar-refractivity contribution >= 4 is 53.6 Å². The molecule has 1 saturated carbocycles. The Bertz CT molecular complexity index is 564.